The van der Waals surface area contributed by atoms with Crippen LogP contribution < -0.4 is 0 Å². The third-order valence-electron chi connectivity index (χ3n) is 3.75. The molecule has 0 bridgehead atoms. The number of aliphatic hydroxyl groups excluding tert-OH is 1. The maximum atomic E-state index is 9.95. The Hall–Kier alpha value is -0.870. The van der Waals surface area contributed by atoms with E-state index in [-0.39, 0.29) is 6.10 Å². The minimum Gasteiger partial charge on any atom is -0.393 e. The van der Waals surface area contributed by atoms with Gasteiger partial charge in [0.1, 0.15) is 5.82 Å². The van der Waals surface area contributed by atoms with E-state index in [1.54, 1.807) is 0 Å². The largest absolute Gasteiger partial charge is 0.393 e. The fourth-order valence-electron chi connectivity index (χ4n) is 2.66. The predicted molar refractivity (Wildman–Crippen MR) is 67.5 cm³/mol. The highest BCUT2D eigenvalue weighted by atomic mass is 16.3. The van der Waals surface area contributed by atoms with Gasteiger partial charge in [0, 0.05) is 26.0 Å². The van der Waals surface area contributed by atoms with E-state index in [1.165, 1.54) is 12.8 Å². The molecule has 4 nitrogen and oxygen atoms in total. The Morgan fingerprint density at radius 1 is 1.47 bits per heavy atom. The first-order chi connectivity index (χ1) is 8.16. The Balaban J connectivity index is 1.84. The summed E-state index contributed by atoms with van der Waals surface area (Å²) in [4.78, 5) is 6.59. The highest BCUT2D eigenvalue weighted by molar-refractivity contribution is 4.91. The first-order valence-corrected chi connectivity index (χ1v) is 6.49. The van der Waals surface area contributed by atoms with Crippen LogP contribution >= 0.6 is 0 Å². The van der Waals surface area contributed by atoms with Crippen molar-refractivity contribution in [3.05, 3.63) is 18.2 Å². The summed E-state index contributed by atoms with van der Waals surface area (Å²) in [6.07, 6.45) is 8.27. The molecule has 0 radical (unpaired) electrons. The van der Waals surface area contributed by atoms with Gasteiger partial charge in [-0.2, -0.15) is 0 Å². The molecule has 2 unspecified atom stereocenters. The Kier molecular flexibility index (Phi) is 4.18. The van der Waals surface area contributed by atoms with Crippen molar-refractivity contribution in [1.29, 1.82) is 0 Å². The van der Waals surface area contributed by atoms with Gasteiger partial charge in [0.25, 0.3) is 0 Å². The van der Waals surface area contributed by atoms with Crippen molar-refractivity contribution in [3.8, 4) is 0 Å². The van der Waals surface area contributed by atoms with E-state index in [2.05, 4.69) is 16.9 Å². The molecule has 1 aromatic rings. The highest BCUT2D eigenvalue weighted by Crippen LogP contribution is 2.25. The summed E-state index contributed by atoms with van der Waals surface area (Å²) in [7, 11) is 4.13. The van der Waals surface area contributed by atoms with E-state index in [0.717, 1.165) is 31.8 Å². The van der Waals surface area contributed by atoms with E-state index in [4.69, 9.17) is 0 Å². The lowest BCUT2D eigenvalue weighted by atomic mass is 9.86. The van der Waals surface area contributed by atoms with Crippen LogP contribution in [0, 0.1) is 5.92 Å². The predicted octanol–water partition coefficient (Wildman–Crippen LogP) is 1.40. The van der Waals surface area contributed by atoms with E-state index in [0.29, 0.717) is 5.92 Å². The second kappa shape index (κ2) is 5.65. The van der Waals surface area contributed by atoms with Gasteiger partial charge in [0.05, 0.1) is 12.6 Å². The molecule has 2 atom stereocenters. The van der Waals surface area contributed by atoms with Crippen LogP contribution in [0.5, 0.6) is 0 Å². The summed E-state index contributed by atoms with van der Waals surface area (Å²) in [6, 6.07) is 0. The number of rotatable bonds is 4. The van der Waals surface area contributed by atoms with Gasteiger partial charge in [-0.1, -0.05) is 12.8 Å². The molecule has 1 aromatic heterocycles. The number of hydrogen-bond donors (Lipinski definition) is 1. The fraction of sp³-hybridized carbons (Fsp3) is 0.769. The molecule has 17 heavy (non-hydrogen) atoms. The smallest absolute Gasteiger partial charge is 0.122 e. The van der Waals surface area contributed by atoms with Crippen LogP contribution in [0.3, 0.4) is 0 Å². The molecule has 1 N–H and O–H groups in total. The lowest BCUT2D eigenvalue weighted by Gasteiger charge is -2.31. The Labute approximate surface area is 103 Å². The van der Waals surface area contributed by atoms with Crippen LogP contribution in [-0.2, 0) is 13.6 Å². The Morgan fingerprint density at radius 2 is 2.24 bits per heavy atom. The molecule has 1 saturated carbocycles. The minimum atomic E-state index is -0.104. The topological polar surface area (TPSA) is 41.3 Å². The van der Waals surface area contributed by atoms with Crippen molar-refractivity contribution in [2.24, 2.45) is 13.0 Å². The molecule has 0 aliphatic heterocycles. The van der Waals surface area contributed by atoms with Gasteiger partial charge in [-0.05, 0) is 25.8 Å². The van der Waals surface area contributed by atoms with Crippen LogP contribution in [0.4, 0.5) is 0 Å². The highest BCUT2D eigenvalue weighted by Gasteiger charge is 2.24. The fourth-order valence-corrected chi connectivity index (χ4v) is 2.66. The van der Waals surface area contributed by atoms with Gasteiger partial charge in [-0.15, -0.1) is 0 Å². The van der Waals surface area contributed by atoms with E-state index in [1.807, 2.05) is 24.0 Å². The van der Waals surface area contributed by atoms with Crippen LogP contribution in [0.1, 0.15) is 31.5 Å². The summed E-state index contributed by atoms with van der Waals surface area (Å²) in [5.41, 5.74) is 0. The lowest BCUT2D eigenvalue weighted by Crippen LogP contribution is -2.35. The number of aromatic nitrogens is 2. The molecule has 0 aromatic carbocycles. The molecule has 0 amide bonds. The molecule has 0 spiro atoms. The molecule has 1 aliphatic carbocycles. The SMILES string of the molecule is CN(Cc1nccn1C)CC1CCCCC1O. The minimum absolute atomic E-state index is 0.104. The Morgan fingerprint density at radius 3 is 2.88 bits per heavy atom. The van der Waals surface area contributed by atoms with Gasteiger partial charge in [-0.25, -0.2) is 4.98 Å². The molecular formula is C13H23N3O. The van der Waals surface area contributed by atoms with Crippen LogP contribution in [0.25, 0.3) is 0 Å². The number of hydrogen-bond acceptors (Lipinski definition) is 3. The van der Waals surface area contributed by atoms with Crippen LogP contribution in [-0.4, -0.2) is 39.3 Å². The molecule has 0 saturated heterocycles. The summed E-state index contributed by atoms with van der Waals surface area (Å²) < 4.78 is 2.05. The van der Waals surface area contributed by atoms with Crippen LogP contribution in [0.2, 0.25) is 0 Å². The van der Waals surface area contributed by atoms with Crippen molar-refractivity contribution in [1.82, 2.24) is 14.5 Å². The normalized spacial score (nSPS) is 25.4. The van der Waals surface area contributed by atoms with Gasteiger partial charge >= 0.3 is 0 Å². The van der Waals surface area contributed by atoms with Gasteiger partial charge < -0.3 is 9.67 Å². The zero-order valence-corrected chi connectivity index (χ0v) is 10.8. The second-order valence-corrected chi connectivity index (χ2v) is 5.26. The van der Waals surface area contributed by atoms with Crippen LogP contribution in [0.15, 0.2) is 12.4 Å². The van der Waals surface area contributed by atoms with Crippen molar-refractivity contribution < 1.29 is 5.11 Å². The number of aliphatic hydroxyl groups is 1. The molecule has 1 heterocycles. The van der Waals surface area contributed by atoms with Crippen molar-refractivity contribution in [3.63, 3.8) is 0 Å². The quantitative estimate of drug-likeness (QED) is 0.860. The number of aryl methyl sites for hydroxylation is 1. The monoisotopic (exact) mass is 237 g/mol. The molecular weight excluding hydrogens is 214 g/mol. The van der Waals surface area contributed by atoms with Gasteiger partial charge in [0.2, 0.25) is 0 Å². The summed E-state index contributed by atoms with van der Waals surface area (Å²) in [5, 5.41) is 9.95. The molecule has 1 fully saturated rings. The summed E-state index contributed by atoms with van der Waals surface area (Å²) in [6.45, 7) is 1.82. The van der Waals surface area contributed by atoms with Crippen molar-refractivity contribution in [2.45, 2.75) is 38.3 Å². The maximum absolute atomic E-state index is 9.95. The third kappa shape index (κ3) is 3.30. The second-order valence-electron chi connectivity index (χ2n) is 5.26. The lowest BCUT2D eigenvalue weighted by molar-refractivity contribution is 0.0496. The Bertz CT molecular complexity index is 350. The van der Waals surface area contributed by atoms with E-state index >= 15 is 0 Å². The average Bonchev–Trinajstić information content (AvgIpc) is 2.68. The average molecular weight is 237 g/mol. The maximum Gasteiger partial charge on any atom is 0.122 e. The van der Waals surface area contributed by atoms with E-state index in [9.17, 15) is 5.11 Å². The zero-order chi connectivity index (χ0) is 12.3. The summed E-state index contributed by atoms with van der Waals surface area (Å²) >= 11 is 0. The van der Waals surface area contributed by atoms with Gasteiger partial charge in [0.15, 0.2) is 0 Å². The molecule has 1 aliphatic rings. The first kappa shape index (κ1) is 12.6. The summed E-state index contributed by atoms with van der Waals surface area (Å²) in [5.74, 6) is 1.52. The number of nitrogens with zero attached hydrogens (tertiary/aromatic N) is 3. The standard InChI is InChI=1S/C13H23N3O/c1-15(10-13-14-7-8-16(13)2)9-11-5-3-4-6-12(11)17/h7-8,11-12,17H,3-6,9-10H2,1-2H3. The first-order valence-electron chi connectivity index (χ1n) is 6.49. The molecule has 4 heteroatoms. The molecule has 2 rings (SSSR count). The van der Waals surface area contributed by atoms with Crippen molar-refractivity contribution >= 4 is 0 Å². The van der Waals surface area contributed by atoms with Crippen molar-refractivity contribution in [2.75, 3.05) is 13.6 Å². The zero-order valence-electron chi connectivity index (χ0n) is 10.8. The molecule has 96 valence electrons. The van der Waals surface area contributed by atoms with Gasteiger partial charge in [-0.3, -0.25) is 4.90 Å². The van der Waals surface area contributed by atoms with E-state index < -0.39 is 0 Å². The number of imidazole rings is 1. The third-order valence-corrected chi connectivity index (χ3v) is 3.75.